The van der Waals surface area contributed by atoms with Gasteiger partial charge in [0.1, 0.15) is 6.54 Å². The number of hydrogen-bond donors (Lipinski definition) is 0. The first-order chi connectivity index (χ1) is 13.2. The van der Waals surface area contributed by atoms with Gasteiger partial charge in [0.25, 0.3) is 5.56 Å². The van der Waals surface area contributed by atoms with Crippen LogP contribution in [0.2, 0.25) is 0 Å². The molecule has 142 valence electrons. The van der Waals surface area contributed by atoms with Crippen LogP contribution >= 0.6 is 0 Å². The molecule has 2 atom stereocenters. The molecule has 2 aromatic heterocycles. The molecule has 7 nitrogen and oxygen atoms in total. The Balaban J connectivity index is 1.44. The molecule has 0 N–H and O–H groups in total. The predicted octanol–water partition coefficient (Wildman–Crippen LogP) is 0.745. The van der Waals surface area contributed by atoms with E-state index in [1.807, 2.05) is 29.4 Å². The first-order valence-corrected chi connectivity index (χ1v) is 9.38. The van der Waals surface area contributed by atoms with Gasteiger partial charge in [0.2, 0.25) is 5.91 Å². The summed E-state index contributed by atoms with van der Waals surface area (Å²) in [4.78, 5) is 33.0. The Morgan fingerprint density at radius 1 is 1.19 bits per heavy atom. The highest BCUT2D eigenvalue weighted by Crippen LogP contribution is 2.24. The molecule has 2 saturated heterocycles. The van der Waals surface area contributed by atoms with Crippen LogP contribution in [0.5, 0.6) is 0 Å². The van der Waals surface area contributed by atoms with Gasteiger partial charge in [-0.3, -0.25) is 19.5 Å². The number of piperidine rings is 1. The minimum atomic E-state index is -0.152. The third-order valence-electron chi connectivity index (χ3n) is 5.39. The SMILES string of the molecule is O=C(Cn1ccccc1=O)N1CC[C@@H]2OCCN(Cc3ccncc3)[C@H]2C1. The summed E-state index contributed by atoms with van der Waals surface area (Å²) in [5, 5.41) is 0. The van der Waals surface area contributed by atoms with E-state index in [1.165, 1.54) is 16.2 Å². The van der Waals surface area contributed by atoms with Crippen molar-refractivity contribution in [2.45, 2.75) is 31.7 Å². The molecule has 2 fully saturated rings. The summed E-state index contributed by atoms with van der Waals surface area (Å²) in [6.07, 6.45) is 6.26. The Morgan fingerprint density at radius 2 is 2.04 bits per heavy atom. The van der Waals surface area contributed by atoms with E-state index in [0.717, 1.165) is 26.1 Å². The average molecular weight is 368 g/mol. The molecule has 2 aliphatic rings. The Labute approximate surface area is 158 Å². The minimum absolute atomic E-state index is 0.0174. The van der Waals surface area contributed by atoms with Crippen LogP contribution in [-0.2, 0) is 22.6 Å². The van der Waals surface area contributed by atoms with Gasteiger partial charge in [-0.05, 0) is 30.2 Å². The molecule has 1 amide bonds. The largest absolute Gasteiger partial charge is 0.375 e. The Hall–Kier alpha value is -2.51. The van der Waals surface area contributed by atoms with Crippen LogP contribution in [0.3, 0.4) is 0 Å². The lowest BCUT2D eigenvalue weighted by molar-refractivity contribution is -0.144. The third-order valence-corrected chi connectivity index (χ3v) is 5.39. The highest BCUT2D eigenvalue weighted by Gasteiger charge is 2.38. The van der Waals surface area contributed by atoms with Crippen LogP contribution in [0.25, 0.3) is 0 Å². The number of nitrogens with zero attached hydrogens (tertiary/aromatic N) is 4. The lowest BCUT2D eigenvalue weighted by atomic mass is 9.98. The van der Waals surface area contributed by atoms with Crippen molar-refractivity contribution in [2.75, 3.05) is 26.2 Å². The van der Waals surface area contributed by atoms with Crippen molar-refractivity contribution in [1.29, 1.82) is 0 Å². The molecule has 0 bridgehead atoms. The Morgan fingerprint density at radius 3 is 2.85 bits per heavy atom. The molecule has 0 unspecified atom stereocenters. The van der Waals surface area contributed by atoms with Crippen LogP contribution in [0.15, 0.2) is 53.7 Å². The van der Waals surface area contributed by atoms with Gasteiger partial charge < -0.3 is 14.2 Å². The lowest BCUT2D eigenvalue weighted by Crippen LogP contribution is -2.60. The number of pyridine rings is 2. The molecule has 0 aliphatic carbocycles. The number of aromatic nitrogens is 2. The monoisotopic (exact) mass is 368 g/mol. The average Bonchev–Trinajstić information content (AvgIpc) is 2.70. The number of fused-ring (bicyclic) bond motifs is 1. The summed E-state index contributed by atoms with van der Waals surface area (Å²) in [5.41, 5.74) is 1.06. The second-order valence-electron chi connectivity index (χ2n) is 7.10. The maximum absolute atomic E-state index is 12.8. The second-order valence-corrected chi connectivity index (χ2v) is 7.10. The van der Waals surface area contributed by atoms with Crippen LogP contribution in [-0.4, -0.2) is 63.6 Å². The molecule has 0 spiro atoms. The number of morpholine rings is 1. The number of hydrogen-bond acceptors (Lipinski definition) is 5. The topological polar surface area (TPSA) is 67.7 Å². The Bertz CT molecular complexity index is 838. The van der Waals surface area contributed by atoms with E-state index in [-0.39, 0.29) is 30.2 Å². The van der Waals surface area contributed by atoms with Gasteiger partial charge in [0.15, 0.2) is 0 Å². The van der Waals surface area contributed by atoms with Gasteiger partial charge in [0.05, 0.1) is 18.8 Å². The van der Waals surface area contributed by atoms with E-state index in [1.54, 1.807) is 18.3 Å². The quantitative estimate of drug-likeness (QED) is 0.797. The van der Waals surface area contributed by atoms with Crippen molar-refractivity contribution in [2.24, 2.45) is 0 Å². The van der Waals surface area contributed by atoms with Gasteiger partial charge in [-0.15, -0.1) is 0 Å². The normalized spacial score (nSPS) is 23.0. The van der Waals surface area contributed by atoms with E-state index in [2.05, 4.69) is 9.88 Å². The van der Waals surface area contributed by atoms with E-state index in [0.29, 0.717) is 13.1 Å². The lowest BCUT2D eigenvalue weighted by Gasteiger charge is -2.47. The van der Waals surface area contributed by atoms with Crippen molar-refractivity contribution < 1.29 is 9.53 Å². The number of carbonyl (C=O) groups is 1. The zero-order valence-corrected chi connectivity index (χ0v) is 15.2. The van der Waals surface area contributed by atoms with Crippen molar-refractivity contribution in [1.82, 2.24) is 19.4 Å². The standard InChI is InChI=1S/C20H24N4O3/c25-19-3-1-2-9-23(19)15-20(26)24-10-6-18-17(14-24)22(11-12-27-18)13-16-4-7-21-8-5-16/h1-5,7-9,17-18H,6,10-15H2/t17-,18-/m0/s1. The zero-order valence-electron chi connectivity index (χ0n) is 15.2. The smallest absolute Gasteiger partial charge is 0.250 e. The fourth-order valence-electron chi connectivity index (χ4n) is 3.92. The summed E-state index contributed by atoms with van der Waals surface area (Å²) in [6, 6.07) is 9.16. The van der Waals surface area contributed by atoms with Gasteiger partial charge in [-0.2, -0.15) is 0 Å². The molecule has 0 saturated carbocycles. The van der Waals surface area contributed by atoms with Crippen LogP contribution in [0, 0.1) is 0 Å². The van der Waals surface area contributed by atoms with Gasteiger partial charge in [0, 0.05) is 50.8 Å². The molecule has 0 radical (unpaired) electrons. The first-order valence-electron chi connectivity index (χ1n) is 9.38. The van der Waals surface area contributed by atoms with Crippen molar-refractivity contribution in [3.8, 4) is 0 Å². The van der Waals surface area contributed by atoms with E-state index < -0.39 is 0 Å². The van der Waals surface area contributed by atoms with Crippen LogP contribution in [0.4, 0.5) is 0 Å². The second kappa shape index (κ2) is 8.02. The van der Waals surface area contributed by atoms with E-state index in [9.17, 15) is 9.59 Å². The molecule has 2 aromatic rings. The van der Waals surface area contributed by atoms with Gasteiger partial charge in [-0.25, -0.2) is 0 Å². The summed E-state index contributed by atoms with van der Waals surface area (Å²) in [5.74, 6) is -0.0174. The zero-order chi connectivity index (χ0) is 18.6. The number of likely N-dealkylation sites (tertiary alicyclic amines) is 1. The maximum atomic E-state index is 12.8. The maximum Gasteiger partial charge on any atom is 0.250 e. The highest BCUT2D eigenvalue weighted by atomic mass is 16.5. The van der Waals surface area contributed by atoms with Gasteiger partial charge >= 0.3 is 0 Å². The Kier molecular flexibility index (Phi) is 5.31. The summed E-state index contributed by atoms with van der Waals surface area (Å²) in [7, 11) is 0. The highest BCUT2D eigenvalue weighted by molar-refractivity contribution is 5.76. The van der Waals surface area contributed by atoms with E-state index >= 15 is 0 Å². The molecule has 4 rings (SSSR count). The van der Waals surface area contributed by atoms with Gasteiger partial charge in [-0.1, -0.05) is 6.07 Å². The van der Waals surface area contributed by atoms with Crippen molar-refractivity contribution in [3.63, 3.8) is 0 Å². The summed E-state index contributed by atoms with van der Waals surface area (Å²) in [6.45, 7) is 3.79. The molecule has 4 heterocycles. The predicted molar refractivity (Wildman–Crippen MR) is 100 cm³/mol. The van der Waals surface area contributed by atoms with Crippen LogP contribution < -0.4 is 5.56 Å². The number of ether oxygens (including phenoxy) is 1. The molecule has 7 heteroatoms. The number of carbonyl (C=O) groups excluding carboxylic acids is 1. The van der Waals surface area contributed by atoms with Crippen LogP contribution in [0.1, 0.15) is 12.0 Å². The summed E-state index contributed by atoms with van der Waals surface area (Å²) >= 11 is 0. The fourth-order valence-corrected chi connectivity index (χ4v) is 3.92. The minimum Gasteiger partial charge on any atom is -0.375 e. The van der Waals surface area contributed by atoms with Crippen molar-refractivity contribution >= 4 is 5.91 Å². The third kappa shape index (κ3) is 4.09. The fraction of sp³-hybridized carbons (Fsp3) is 0.450. The molecule has 27 heavy (non-hydrogen) atoms. The number of amides is 1. The first kappa shape index (κ1) is 17.9. The summed E-state index contributed by atoms with van der Waals surface area (Å²) < 4.78 is 7.43. The molecule has 0 aromatic carbocycles. The molecular formula is C20H24N4O3. The van der Waals surface area contributed by atoms with E-state index in [4.69, 9.17) is 4.74 Å². The van der Waals surface area contributed by atoms with Crippen molar-refractivity contribution in [3.05, 3.63) is 64.8 Å². The number of rotatable bonds is 4. The molecular weight excluding hydrogens is 344 g/mol. The molecule has 2 aliphatic heterocycles.